The van der Waals surface area contributed by atoms with Crippen molar-refractivity contribution in [3.05, 3.63) is 47.4 Å². The highest BCUT2D eigenvalue weighted by molar-refractivity contribution is 7.98. The Morgan fingerprint density at radius 3 is 2.50 bits per heavy atom. The first-order valence-electron chi connectivity index (χ1n) is 5.12. The van der Waals surface area contributed by atoms with E-state index < -0.39 is 0 Å². The van der Waals surface area contributed by atoms with Gasteiger partial charge in [0, 0.05) is 22.9 Å². The maximum Gasteiger partial charge on any atom is 0.256 e. The first-order valence-corrected chi connectivity index (χ1v) is 6.73. The molecule has 0 fully saturated rings. The molecular formula is C12H10ClN3OS. The van der Waals surface area contributed by atoms with Gasteiger partial charge in [-0.3, -0.25) is 4.79 Å². The van der Waals surface area contributed by atoms with Crippen LogP contribution < -0.4 is 5.32 Å². The van der Waals surface area contributed by atoms with Gasteiger partial charge in [0.2, 0.25) is 0 Å². The minimum atomic E-state index is -0.259. The van der Waals surface area contributed by atoms with Gasteiger partial charge >= 0.3 is 0 Å². The molecule has 0 aliphatic heterocycles. The zero-order valence-electron chi connectivity index (χ0n) is 9.55. The first kappa shape index (κ1) is 12.9. The maximum absolute atomic E-state index is 11.9. The van der Waals surface area contributed by atoms with Crippen LogP contribution in [0, 0.1) is 0 Å². The number of hydrogen-bond donors (Lipinski definition) is 1. The van der Waals surface area contributed by atoms with Crippen molar-refractivity contribution >= 4 is 35.1 Å². The highest BCUT2D eigenvalue weighted by Gasteiger charge is 2.09. The number of rotatable bonds is 3. The van der Waals surface area contributed by atoms with E-state index in [9.17, 15) is 4.79 Å². The summed E-state index contributed by atoms with van der Waals surface area (Å²) in [5, 5.41) is 2.79. The summed E-state index contributed by atoms with van der Waals surface area (Å²) in [4.78, 5) is 20.8. The van der Waals surface area contributed by atoms with Crippen LogP contribution in [0.25, 0.3) is 0 Å². The standard InChI is InChI=1S/C12H10ClN3OS/c1-18-9-4-2-8(3-5-9)12(17)16-11-10(13)14-6-7-15-11/h2-7H,1H3,(H,15,16,17). The van der Waals surface area contributed by atoms with E-state index in [0.717, 1.165) is 4.90 Å². The van der Waals surface area contributed by atoms with Crippen LogP contribution in [0.5, 0.6) is 0 Å². The van der Waals surface area contributed by atoms with E-state index in [1.165, 1.54) is 12.4 Å². The zero-order valence-corrected chi connectivity index (χ0v) is 11.1. The van der Waals surface area contributed by atoms with Crippen molar-refractivity contribution < 1.29 is 4.79 Å². The lowest BCUT2D eigenvalue weighted by atomic mass is 10.2. The molecule has 0 atom stereocenters. The summed E-state index contributed by atoms with van der Waals surface area (Å²) in [7, 11) is 0. The molecule has 1 aromatic carbocycles. The van der Waals surface area contributed by atoms with Crippen LogP contribution in [0.4, 0.5) is 5.82 Å². The maximum atomic E-state index is 11.9. The highest BCUT2D eigenvalue weighted by Crippen LogP contribution is 2.17. The second-order valence-electron chi connectivity index (χ2n) is 3.38. The van der Waals surface area contributed by atoms with E-state index in [0.29, 0.717) is 5.56 Å². The molecule has 0 spiro atoms. The van der Waals surface area contributed by atoms with Gasteiger partial charge in [0.15, 0.2) is 11.0 Å². The molecule has 0 bridgehead atoms. The van der Waals surface area contributed by atoms with Gasteiger partial charge < -0.3 is 5.32 Å². The molecule has 1 heterocycles. The SMILES string of the molecule is CSc1ccc(C(=O)Nc2nccnc2Cl)cc1. The molecule has 0 radical (unpaired) electrons. The van der Waals surface area contributed by atoms with Crippen molar-refractivity contribution in [2.75, 3.05) is 11.6 Å². The number of thioether (sulfide) groups is 1. The number of carbonyl (C=O) groups is 1. The summed E-state index contributed by atoms with van der Waals surface area (Å²) < 4.78 is 0. The van der Waals surface area contributed by atoms with E-state index in [1.54, 1.807) is 23.9 Å². The largest absolute Gasteiger partial charge is 0.304 e. The molecule has 1 N–H and O–H groups in total. The summed E-state index contributed by atoms with van der Waals surface area (Å²) in [6.45, 7) is 0. The zero-order chi connectivity index (χ0) is 13.0. The van der Waals surface area contributed by atoms with E-state index in [1.807, 2.05) is 18.4 Å². The molecule has 2 rings (SSSR count). The summed E-state index contributed by atoms with van der Waals surface area (Å²) >= 11 is 7.43. The Labute approximate surface area is 114 Å². The average molecular weight is 280 g/mol. The summed E-state index contributed by atoms with van der Waals surface area (Å²) in [5.74, 6) is 0.00293. The third kappa shape index (κ3) is 3.00. The van der Waals surface area contributed by atoms with Gasteiger partial charge in [-0.1, -0.05) is 11.6 Å². The Balaban J connectivity index is 2.14. The molecular weight excluding hydrogens is 270 g/mol. The van der Waals surface area contributed by atoms with Crippen LogP contribution in [0.3, 0.4) is 0 Å². The Kier molecular flexibility index (Phi) is 4.17. The van der Waals surface area contributed by atoms with E-state index in [2.05, 4.69) is 15.3 Å². The lowest BCUT2D eigenvalue weighted by molar-refractivity contribution is 0.102. The van der Waals surface area contributed by atoms with Crippen LogP contribution in [0.1, 0.15) is 10.4 Å². The van der Waals surface area contributed by atoms with Gasteiger partial charge in [-0.25, -0.2) is 9.97 Å². The van der Waals surface area contributed by atoms with Crippen molar-refractivity contribution in [1.29, 1.82) is 0 Å². The molecule has 92 valence electrons. The molecule has 0 saturated heterocycles. The van der Waals surface area contributed by atoms with Gasteiger partial charge in [-0.05, 0) is 30.5 Å². The average Bonchev–Trinajstić information content (AvgIpc) is 2.41. The minimum absolute atomic E-state index is 0.173. The first-order chi connectivity index (χ1) is 8.70. The number of hydrogen-bond acceptors (Lipinski definition) is 4. The van der Waals surface area contributed by atoms with Gasteiger partial charge in [0.05, 0.1) is 0 Å². The van der Waals surface area contributed by atoms with Crippen molar-refractivity contribution in [3.63, 3.8) is 0 Å². The predicted octanol–water partition coefficient (Wildman–Crippen LogP) is 3.10. The smallest absolute Gasteiger partial charge is 0.256 e. The van der Waals surface area contributed by atoms with E-state index in [4.69, 9.17) is 11.6 Å². The van der Waals surface area contributed by atoms with Gasteiger partial charge in [0.1, 0.15) is 0 Å². The number of anilines is 1. The second kappa shape index (κ2) is 5.84. The number of amides is 1. The molecule has 18 heavy (non-hydrogen) atoms. The van der Waals surface area contributed by atoms with Gasteiger partial charge in [0.25, 0.3) is 5.91 Å². The monoisotopic (exact) mass is 279 g/mol. The molecule has 1 aromatic heterocycles. The topological polar surface area (TPSA) is 54.9 Å². The summed E-state index contributed by atoms with van der Waals surface area (Å²) in [5.41, 5.74) is 0.550. The van der Waals surface area contributed by atoms with Crippen molar-refractivity contribution in [2.45, 2.75) is 4.90 Å². The summed E-state index contributed by atoms with van der Waals surface area (Å²) in [6.07, 6.45) is 4.91. The fourth-order valence-corrected chi connectivity index (χ4v) is 1.89. The molecule has 0 aliphatic rings. The lowest BCUT2D eigenvalue weighted by Crippen LogP contribution is -2.13. The predicted molar refractivity (Wildman–Crippen MR) is 73.2 cm³/mol. The van der Waals surface area contributed by atoms with E-state index >= 15 is 0 Å². The molecule has 6 heteroatoms. The Morgan fingerprint density at radius 1 is 1.22 bits per heavy atom. The van der Waals surface area contributed by atoms with Crippen LogP contribution in [-0.2, 0) is 0 Å². The number of nitrogens with zero attached hydrogens (tertiary/aromatic N) is 2. The number of aromatic nitrogens is 2. The normalized spacial score (nSPS) is 10.1. The third-order valence-corrected chi connectivity index (χ3v) is 3.26. The second-order valence-corrected chi connectivity index (χ2v) is 4.62. The molecule has 0 aliphatic carbocycles. The Morgan fingerprint density at radius 2 is 1.89 bits per heavy atom. The lowest BCUT2D eigenvalue weighted by Gasteiger charge is -2.05. The fourth-order valence-electron chi connectivity index (χ4n) is 1.33. The van der Waals surface area contributed by atoms with E-state index in [-0.39, 0.29) is 16.9 Å². The van der Waals surface area contributed by atoms with Crippen molar-refractivity contribution in [2.24, 2.45) is 0 Å². The quantitative estimate of drug-likeness (QED) is 0.877. The van der Waals surface area contributed by atoms with Crippen LogP contribution in [0.15, 0.2) is 41.6 Å². The highest BCUT2D eigenvalue weighted by atomic mass is 35.5. The van der Waals surface area contributed by atoms with Gasteiger partial charge in [-0.2, -0.15) is 0 Å². The minimum Gasteiger partial charge on any atom is -0.304 e. The number of nitrogens with one attached hydrogen (secondary N) is 1. The molecule has 2 aromatic rings. The van der Waals surface area contributed by atoms with Crippen LogP contribution >= 0.6 is 23.4 Å². The number of benzene rings is 1. The molecule has 0 saturated carbocycles. The number of halogens is 1. The number of carbonyl (C=O) groups excluding carboxylic acids is 1. The van der Waals surface area contributed by atoms with Crippen molar-refractivity contribution in [1.82, 2.24) is 9.97 Å². The van der Waals surface area contributed by atoms with Crippen molar-refractivity contribution in [3.8, 4) is 0 Å². The molecule has 0 unspecified atom stereocenters. The molecule has 4 nitrogen and oxygen atoms in total. The van der Waals surface area contributed by atoms with Gasteiger partial charge in [-0.15, -0.1) is 11.8 Å². The Hall–Kier alpha value is -1.59. The molecule has 1 amide bonds. The van der Waals surface area contributed by atoms with Crippen LogP contribution in [0.2, 0.25) is 5.15 Å². The third-order valence-electron chi connectivity index (χ3n) is 2.24. The Bertz CT molecular complexity index is 560. The fraction of sp³-hybridized carbons (Fsp3) is 0.0833. The van der Waals surface area contributed by atoms with Crippen LogP contribution in [-0.4, -0.2) is 22.1 Å². The summed E-state index contributed by atoms with van der Waals surface area (Å²) in [6, 6.07) is 7.28.